The van der Waals surface area contributed by atoms with Crippen molar-refractivity contribution < 1.29 is 13.9 Å². The summed E-state index contributed by atoms with van der Waals surface area (Å²) in [5, 5.41) is 6.18. The number of aromatic nitrogens is 1. The number of carbonyl (C=O) groups is 1. The lowest BCUT2D eigenvalue weighted by atomic mass is 9.91. The van der Waals surface area contributed by atoms with Crippen LogP contribution in [0.2, 0.25) is 0 Å². The fraction of sp³-hybridized carbons (Fsp3) is 0.375. The van der Waals surface area contributed by atoms with Gasteiger partial charge in [-0.3, -0.25) is 4.79 Å². The molecule has 1 aromatic heterocycles. The van der Waals surface area contributed by atoms with Crippen LogP contribution < -0.4 is 10.6 Å². The quantitative estimate of drug-likeness (QED) is 0.904. The van der Waals surface area contributed by atoms with Crippen molar-refractivity contribution in [2.45, 2.75) is 18.4 Å². The molecule has 0 unspecified atom stereocenters. The zero-order chi connectivity index (χ0) is 15.4. The fourth-order valence-electron chi connectivity index (χ4n) is 2.68. The normalized spacial score (nSPS) is 17.1. The summed E-state index contributed by atoms with van der Waals surface area (Å²) in [5.41, 5.74) is 0.913. The Morgan fingerprint density at radius 1 is 1.32 bits per heavy atom. The van der Waals surface area contributed by atoms with E-state index < -0.39 is 5.60 Å². The molecule has 1 aliphatic heterocycles. The first kappa shape index (κ1) is 14.7. The number of nitrogens with zero attached hydrogens (tertiary/aromatic N) is 1. The Balaban J connectivity index is 1.71. The molecule has 1 fully saturated rings. The van der Waals surface area contributed by atoms with Crippen molar-refractivity contribution in [1.82, 2.24) is 10.3 Å². The zero-order valence-electron chi connectivity index (χ0n) is 12.5. The van der Waals surface area contributed by atoms with Gasteiger partial charge in [0.2, 0.25) is 0 Å². The van der Waals surface area contributed by atoms with Crippen LogP contribution in [-0.4, -0.2) is 36.7 Å². The lowest BCUT2D eigenvalue weighted by Crippen LogP contribution is -2.51. The average Bonchev–Trinajstić information content (AvgIpc) is 3.10. The van der Waals surface area contributed by atoms with Crippen LogP contribution >= 0.6 is 0 Å². The Labute approximate surface area is 128 Å². The van der Waals surface area contributed by atoms with E-state index in [4.69, 9.17) is 9.15 Å². The van der Waals surface area contributed by atoms with Gasteiger partial charge in [0.05, 0.1) is 6.20 Å². The second-order valence-electron chi connectivity index (χ2n) is 5.35. The van der Waals surface area contributed by atoms with Crippen molar-refractivity contribution in [2.24, 2.45) is 0 Å². The maximum absolute atomic E-state index is 12.5. The van der Waals surface area contributed by atoms with Gasteiger partial charge < -0.3 is 19.8 Å². The van der Waals surface area contributed by atoms with Gasteiger partial charge in [-0.2, -0.15) is 0 Å². The predicted octanol–water partition coefficient (Wildman–Crippen LogP) is 2.05. The number of anilines is 1. The van der Waals surface area contributed by atoms with E-state index in [1.165, 1.54) is 6.39 Å². The number of hydrogen-bond donors (Lipinski definition) is 2. The molecular formula is C16H19N3O3. The zero-order valence-corrected chi connectivity index (χ0v) is 12.5. The largest absolute Gasteiger partial charge is 0.444 e. The Hall–Kier alpha value is -2.18. The third-order valence-corrected chi connectivity index (χ3v) is 4.08. The number of amides is 1. The van der Waals surface area contributed by atoms with Crippen LogP contribution in [0.4, 0.5) is 5.69 Å². The van der Waals surface area contributed by atoms with Crippen molar-refractivity contribution in [1.29, 1.82) is 0 Å². The van der Waals surface area contributed by atoms with Gasteiger partial charge in [0.25, 0.3) is 5.91 Å². The minimum atomic E-state index is -0.741. The smallest absolute Gasteiger partial charge is 0.256 e. The molecule has 2 heterocycles. The molecule has 1 saturated heterocycles. The summed E-state index contributed by atoms with van der Waals surface area (Å²) in [6.07, 6.45) is 4.39. The van der Waals surface area contributed by atoms with Crippen LogP contribution in [0.3, 0.4) is 0 Å². The van der Waals surface area contributed by atoms with Crippen LogP contribution in [0.15, 0.2) is 41.3 Å². The van der Waals surface area contributed by atoms with Crippen molar-refractivity contribution in [3.8, 4) is 11.3 Å². The van der Waals surface area contributed by atoms with Gasteiger partial charge in [-0.25, -0.2) is 4.98 Å². The molecule has 6 nitrogen and oxygen atoms in total. The number of ether oxygens (including phenoxy) is 1. The molecule has 3 rings (SSSR count). The van der Waals surface area contributed by atoms with Crippen LogP contribution in [0.5, 0.6) is 0 Å². The molecule has 0 bridgehead atoms. The summed E-state index contributed by atoms with van der Waals surface area (Å²) in [6.45, 7) is 1.57. The summed E-state index contributed by atoms with van der Waals surface area (Å²) < 4.78 is 10.8. The van der Waals surface area contributed by atoms with Gasteiger partial charge in [-0.15, -0.1) is 0 Å². The Morgan fingerprint density at radius 3 is 2.64 bits per heavy atom. The summed E-state index contributed by atoms with van der Waals surface area (Å²) in [6, 6.07) is 7.47. The van der Waals surface area contributed by atoms with E-state index in [9.17, 15) is 4.79 Å². The first-order valence-corrected chi connectivity index (χ1v) is 7.30. The average molecular weight is 301 g/mol. The molecule has 0 saturated carbocycles. The highest BCUT2D eigenvalue weighted by atomic mass is 16.5. The minimum Gasteiger partial charge on any atom is -0.444 e. The second-order valence-corrected chi connectivity index (χ2v) is 5.35. The van der Waals surface area contributed by atoms with Gasteiger partial charge in [-0.1, -0.05) is 0 Å². The van der Waals surface area contributed by atoms with E-state index in [-0.39, 0.29) is 5.91 Å². The number of carbonyl (C=O) groups excluding carboxylic acids is 1. The maximum Gasteiger partial charge on any atom is 0.256 e. The highest BCUT2D eigenvalue weighted by molar-refractivity contribution is 5.97. The molecule has 0 aliphatic carbocycles. The fourth-order valence-corrected chi connectivity index (χ4v) is 2.68. The Morgan fingerprint density at radius 2 is 2.05 bits per heavy atom. The summed E-state index contributed by atoms with van der Waals surface area (Å²) in [5.74, 6) is 0.605. The van der Waals surface area contributed by atoms with Crippen molar-refractivity contribution in [2.75, 3.05) is 25.5 Å². The molecule has 6 heteroatoms. The van der Waals surface area contributed by atoms with E-state index in [0.717, 1.165) is 24.3 Å². The first-order valence-electron chi connectivity index (χ1n) is 7.30. The lowest BCUT2D eigenvalue weighted by Gasteiger charge is -2.34. The summed E-state index contributed by atoms with van der Waals surface area (Å²) >= 11 is 0. The topological polar surface area (TPSA) is 76.4 Å². The molecule has 2 aromatic rings. The molecular weight excluding hydrogens is 282 g/mol. The van der Waals surface area contributed by atoms with Gasteiger partial charge in [0.15, 0.2) is 12.2 Å². The Bertz CT molecular complexity index is 617. The monoisotopic (exact) mass is 301 g/mol. The first-order chi connectivity index (χ1) is 10.7. The van der Waals surface area contributed by atoms with Crippen molar-refractivity contribution in [3.05, 3.63) is 36.9 Å². The van der Waals surface area contributed by atoms with Gasteiger partial charge in [-0.05, 0) is 50.2 Å². The highest BCUT2D eigenvalue weighted by Gasteiger charge is 2.39. The van der Waals surface area contributed by atoms with Crippen molar-refractivity contribution in [3.63, 3.8) is 0 Å². The molecule has 116 valence electrons. The number of piperidine rings is 1. The van der Waals surface area contributed by atoms with Gasteiger partial charge >= 0.3 is 0 Å². The highest BCUT2D eigenvalue weighted by Crippen LogP contribution is 2.26. The molecule has 2 N–H and O–H groups in total. The number of hydrogen-bond acceptors (Lipinski definition) is 5. The van der Waals surface area contributed by atoms with E-state index >= 15 is 0 Å². The minimum absolute atomic E-state index is 0.0936. The Kier molecular flexibility index (Phi) is 4.22. The van der Waals surface area contributed by atoms with E-state index in [1.807, 2.05) is 24.3 Å². The number of methoxy groups -OCH3 is 1. The molecule has 0 spiro atoms. The van der Waals surface area contributed by atoms with Gasteiger partial charge in [0.1, 0.15) is 5.60 Å². The molecule has 22 heavy (non-hydrogen) atoms. The maximum atomic E-state index is 12.5. The van der Waals surface area contributed by atoms with E-state index in [0.29, 0.717) is 18.6 Å². The SMILES string of the molecule is COC1(C(=O)Nc2ccc(-c3cnco3)cc2)CCNCC1. The molecule has 0 atom stereocenters. The predicted molar refractivity (Wildman–Crippen MR) is 82.4 cm³/mol. The third kappa shape index (κ3) is 2.88. The number of oxazole rings is 1. The number of rotatable bonds is 4. The lowest BCUT2D eigenvalue weighted by molar-refractivity contribution is -0.140. The van der Waals surface area contributed by atoms with Gasteiger partial charge in [0, 0.05) is 18.4 Å². The summed E-state index contributed by atoms with van der Waals surface area (Å²) in [7, 11) is 1.60. The molecule has 1 amide bonds. The number of nitrogens with one attached hydrogen (secondary N) is 2. The van der Waals surface area contributed by atoms with Crippen LogP contribution in [0, 0.1) is 0 Å². The third-order valence-electron chi connectivity index (χ3n) is 4.08. The summed E-state index contributed by atoms with van der Waals surface area (Å²) in [4.78, 5) is 16.4. The molecule has 0 radical (unpaired) electrons. The molecule has 1 aromatic carbocycles. The standard InChI is InChI=1S/C16H19N3O3/c1-21-16(6-8-17-9-7-16)15(20)19-13-4-2-12(3-5-13)14-10-18-11-22-14/h2-5,10-11,17H,6-9H2,1H3,(H,19,20). The van der Waals surface area contributed by atoms with E-state index in [2.05, 4.69) is 15.6 Å². The van der Waals surface area contributed by atoms with E-state index in [1.54, 1.807) is 13.3 Å². The van der Waals surface area contributed by atoms with Crippen molar-refractivity contribution >= 4 is 11.6 Å². The van der Waals surface area contributed by atoms with Crippen LogP contribution in [0.1, 0.15) is 12.8 Å². The van der Waals surface area contributed by atoms with Crippen LogP contribution in [0.25, 0.3) is 11.3 Å². The second kappa shape index (κ2) is 6.29. The molecule has 1 aliphatic rings. The number of benzene rings is 1. The van der Waals surface area contributed by atoms with Crippen LogP contribution in [-0.2, 0) is 9.53 Å².